The summed E-state index contributed by atoms with van der Waals surface area (Å²) < 4.78 is 4.90. The first-order valence-corrected chi connectivity index (χ1v) is 9.70. The normalized spacial score (nSPS) is 19.0. The van der Waals surface area contributed by atoms with Gasteiger partial charge in [0.1, 0.15) is 10.6 Å². The Morgan fingerprint density at radius 2 is 2.19 bits per heavy atom. The molecule has 0 aliphatic heterocycles. The van der Waals surface area contributed by atoms with Gasteiger partial charge in [-0.05, 0) is 31.0 Å². The summed E-state index contributed by atoms with van der Waals surface area (Å²) in [5.74, 6) is 0.458. The zero-order valence-electron chi connectivity index (χ0n) is 15.1. The number of aliphatic imine (C=N–C) groups is 1. The molecule has 3 N–H and O–H groups in total. The molecule has 0 bridgehead atoms. The number of hydrogen-bond acceptors (Lipinski definition) is 7. The van der Waals surface area contributed by atoms with Crippen LogP contribution >= 0.6 is 22.9 Å². The first kappa shape index (κ1) is 19.7. The van der Waals surface area contributed by atoms with E-state index in [1.165, 1.54) is 11.3 Å². The van der Waals surface area contributed by atoms with Crippen LogP contribution in [0.25, 0.3) is 21.5 Å². The molecule has 1 aliphatic rings. The minimum Gasteiger partial charge on any atom is -0.393 e. The Morgan fingerprint density at radius 1 is 1.41 bits per heavy atom. The van der Waals surface area contributed by atoms with Crippen molar-refractivity contribution in [2.45, 2.75) is 25.0 Å². The molecule has 0 unspecified atom stereocenters. The number of aromatic nitrogens is 2. The van der Waals surface area contributed by atoms with Crippen LogP contribution in [-0.4, -0.2) is 47.7 Å². The Bertz CT molecular complexity index is 954. The Morgan fingerprint density at radius 3 is 2.81 bits per heavy atom. The molecule has 4 rings (SSSR count). The lowest BCUT2D eigenvalue weighted by atomic mass is 9.92. The molecular formula is C19H21ClN4O2S. The second kappa shape index (κ2) is 8.75. The predicted molar refractivity (Wildman–Crippen MR) is 112 cm³/mol. The monoisotopic (exact) mass is 404 g/mol. The Balaban J connectivity index is 0.000000253. The number of pyridine rings is 2. The second-order valence-electron chi connectivity index (χ2n) is 6.20. The molecule has 1 fully saturated rings. The first-order chi connectivity index (χ1) is 13.0. The average Bonchev–Trinajstić information content (AvgIpc) is 3.02. The molecule has 0 spiro atoms. The zero-order valence-corrected chi connectivity index (χ0v) is 16.7. The van der Waals surface area contributed by atoms with Crippen LogP contribution in [0.2, 0.25) is 5.02 Å². The number of aliphatic hydroxyl groups is 1. The summed E-state index contributed by atoms with van der Waals surface area (Å²) in [4.78, 5) is 13.7. The molecule has 0 amide bonds. The minimum atomic E-state index is -0.0788. The fraction of sp³-hybridized carbons (Fsp3) is 0.316. The molecule has 1 aliphatic carbocycles. The number of hydrogen-bond donors (Lipinski definition) is 2. The van der Waals surface area contributed by atoms with E-state index in [9.17, 15) is 0 Å². The number of ether oxygens (including phenoxy) is 1. The quantitative estimate of drug-likeness (QED) is 0.647. The number of nitrogens with two attached hydrogens (primary N) is 1. The van der Waals surface area contributed by atoms with E-state index in [0.29, 0.717) is 11.9 Å². The summed E-state index contributed by atoms with van der Waals surface area (Å²) in [6, 6.07) is 5.83. The SMILES string of the molecule is CN=Cc1cc(-c2ccc3c(Cl)csc3n2)cnc1N.COC1CC(O)C1. The van der Waals surface area contributed by atoms with Gasteiger partial charge in [0.2, 0.25) is 0 Å². The van der Waals surface area contributed by atoms with Crippen LogP contribution in [0.15, 0.2) is 34.8 Å². The topological polar surface area (TPSA) is 93.6 Å². The summed E-state index contributed by atoms with van der Waals surface area (Å²) in [5, 5.41) is 12.3. The van der Waals surface area contributed by atoms with E-state index < -0.39 is 0 Å². The standard InChI is InChI=1S/C14H11ClN4S.C5H10O2/c1-17-5-9-4-8(6-18-13(9)16)12-3-2-10-11(15)7-20-14(10)19-12;1-7-5-2-4(6)3-5/h2-7H,1H3,(H2,16,18);4-6H,2-3H2,1H3. The molecule has 0 aromatic carbocycles. The van der Waals surface area contributed by atoms with Crippen molar-refractivity contribution in [1.29, 1.82) is 0 Å². The van der Waals surface area contributed by atoms with E-state index in [0.717, 1.165) is 44.9 Å². The zero-order chi connectivity index (χ0) is 19.4. The van der Waals surface area contributed by atoms with Gasteiger partial charge in [0, 0.05) is 48.5 Å². The molecule has 27 heavy (non-hydrogen) atoms. The highest BCUT2D eigenvalue weighted by Gasteiger charge is 2.26. The highest BCUT2D eigenvalue weighted by Crippen LogP contribution is 2.31. The Hall–Kier alpha value is -2.06. The first-order valence-electron chi connectivity index (χ1n) is 8.44. The summed E-state index contributed by atoms with van der Waals surface area (Å²) in [6.07, 6.45) is 5.32. The van der Waals surface area contributed by atoms with Gasteiger partial charge >= 0.3 is 0 Å². The maximum atomic E-state index is 8.67. The number of fused-ring (bicyclic) bond motifs is 1. The number of thiophene rings is 1. The van der Waals surface area contributed by atoms with Crippen molar-refractivity contribution in [2.24, 2.45) is 4.99 Å². The van der Waals surface area contributed by atoms with Gasteiger partial charge in [-0.25, -0.2) is 9.97 Å². The number of nitrogen functional groups attached to an aromatic ring is 1. The van der Waals surface area contributed by atoms with Crippen molar-refractivity contribution in [3.8, 4) is 11.3 Å². The van der Waals surface area contributed by atoms with Gasteiger partial charge < -0.3 is 15.6 Å². The fourth-order valence-electron chi connectivity index (χ4n) is 2.65. The number of rotatable bonds is 3. The number of halogens is 1. The van der Waals surface area contributed by atoms with E-state index in [2.05, 4.69) is 15.0 Å². The second-order valence-corrected chi connectivity index (χ2v) is 7.47. The summed E-state index contributed by atoms with van der Waals surface area (Å²) >= 11 is 7.61. The van der Waals surface area contributed by atoms with Crippen molar-refractivity contribution in [3.05, 3.63) is 40.4 Å². The lowest BCUT2D eigenvalue weighted by Crippen LogP contribution is -2.34. The molecule has 8 heteroatoms. The molecule has 142 valence electrons. The van der Waals surface area contributed by atoms with E-state index in [-0.39, 0.29) is 6.10 Å². The van der Waals surface area contributed by atoms with Gasteiger partial charge in [-0.3, -0.25) is 4.99 Å². The highest BCUT2D eigenvalue weighted by atomic mass is 35.5. The Labute approximate surface area is 166 Å². The number of anilines is 1. The van der Waals surface area contributed by atoms with Crippen LogP contribution in [-0.2, 0) is 4.74 Å². The number of methoxy groups -OCH3 is 1. The van der Waals surface area contributed by atoms with Crippen molar-refractivity contribution in [1.82, 2.24) is 9.97 Å². The average molecular weight is 405 g/mol. The third-order valence-corrected chi connectivity index (χ3v) is 5.64. The van der Waals surface area contributed by atoms with Gasteiger partial charge in [-0.15, -0.1) is 11.3 Å². The molecule has 3 aromatic rings. The van der Waals surface area contributed by atoms with Gasteiger partial charge in [0.25, 0.3) is 0 Å². The molecule has 0 saturated heterocycles. The molecule has 6 nitrogen and oxygen atoms in total. The number of aliphatic hydroxyl groups excluding tert-OH is 1. The molecule has 0 atom stereocenters. The smallest absolute Gasteiger partial charge is 0.132 e. The Kier molecular flexibility index (Phi) is 6.38. The van der Waals surface area contributed by atoms with Crippen molar-refractivity contribution in [3.63, 3.8) is 0 Å². The third-order valence-electron chi connectivity index (χ3n) is 4.31. The summed E-state index contributed by atoms with van der Waals surface area (Å²) in [7, 11) is 3.38. The number of nitrogens with zero attached hydrogens (tertiary/aromatic N) is 3. The van der Waals surface area contributed by atoms with Gasteiger partial charge in [0.15, 0.2) is 0 Å². The molecular weight excluding hydrogens is 384 g/mol. The van der Waals surface area contributed by atoms with Gasteiger partial charge in [-0.2, -0.15) is 0 Å². The summed E-state index contributed by atoms with van der Waals surface area (Å²) in [5.41, 5.74) is 8.34. The predicted octanol–water partition coefficient (Wildman–Crippen LogP) is 3.80. The van der Waals surface area contributed by atoms with E-state index in [1.807, 2.05) is 23.6 Å². The summed E-state index contributed by atoms with van der Waals surface area (Å²) in [6.45, 7) is 0. The van der Waals surface area contributed by atoms with Crippen molar-refractivity contribution in [2.75, 3.05) is 19.9 Å². The van der Waals surface area contributed by atoms with Crippen LogP contribution in [0, 0.1) is 0 Å². The van der Waals surface area contributed by atoms with Crippen molar-refractivity contribution < 1.29 is 9.84 Å². The molecule has 3 aromatic heterocycles. The van der Waals surface area contributed by atoms with Crippen molar-refractivity contribution >= 4 is 45.2 Å². The van der Waals surface area contributed by atoms with Crippen LogP contribution in [0.3, 0.4) is 0 Å². The van der Waals surface area contributed by atoms with Crippen LogP contribution in [0.5, 0.6) is 0 Å². The minimum absolute atomic E-state index is 0.0788. The maximum Gasteiger partial charge on any atom is 0.132 e. The van der Waals surface area contributed by atoms with Gasteiger partial charge in [-0.1, -0.05) is 11.6 Å². The van der Waals surface area contributed by atoms with Crippen LogP contribution in [0.4, 0.5) is 5.82 Å². The maximum absolute atomic E-state index is 8.67. The van der Waals surface area contributed by atoms with E-state index >= 15 is 0 Å². The highest BCUT2D eigenvalue weighted by molar-refractivity contribution is 7.17. The third kappa shape index (κ3) is 4.62. The van der Waals surface area contributed by atoms with Gasteiger partial charge in [0.05, 0.1) is 22.9 Å². The largest absolute Gasteiger partial charge is 0.393 e. The molecule has 3 heterocycles. The van der Waals surface area contributed by atoms with E-state index in [1.54, 1.807) is 26.6 Å². The van der Waals surface area contributed by atoms with Crippen LogP contribution < -0.4 is 5.73 Å². The van der Waals surface area contributed by atoms with Crippen LogP contribution in [0.1, 0.15) is 18.4 Å². The lowest BCUT2D eigenvalue weighted by Gasteiger charge is -2.29. The molecule has 0 radical (unpaired) electrons. The lowest BCUT2D eigenvalue weighted by molar-refractivity contribution is -0.0498. The van der Waals surface area contributed by atoms with E-state index in [4.69, 9.17) is 27.2 Å². The molecule has 1 saturated carbocycles. The fourth-order valence-corrected chi connectivity index (χ4v) is 3.79.